The molecule has 0 aromatic rings. The molecule has 1 unspecified atom stereocenters. The van der Waals surface area contributed by atoms with Crippen LogP contribution in [-0.4, -0.2) is 46.5 Å². The van der Waals surface area contributed by atoms with Crippen LogP contribution in [0.5, 0.6) is 0 Å². The van der Waals surface area contributed by atoms with Gasteiger partial charge in [0.2, 0.25) is 0 Å². The maximum Gasteiger partial charge on any atom is 0.411 e. The lowest BCUT2D eigenvalue weighted by Gasteiger charge is -2.35. The Kier molecular flexibility index (Phi) is 5.02. The predicted octanol–water partition coefficient (Wildman–Crippen LogP) is 2.30. The lowest BCUT2D eigenvalue weighted by molar-refractivity contribution is -0.162. The van der Waals surface area contributed by atoms with E-state index >= 15 is 0 Å². The number of hydrogen-bond donors (Lipinski definition) is 0. The van der Waals surface area contributed by atoms with Crippen LogP contribution < -0.4 is 0 Å². The molecule has 1 fully saturated rings. The summed E-state index contributed by atoms with van der Waals surface area (Å²) in [6.45, 7) is 10.4. The van der Waals surface area contributed by atoms with Gasteiger partial charge in [-0.3, -0.25) is 9.69 Å². The van der Waals surface area contributed by atoms with Gasteiger partial charge in [0.25, 0.3) is 0 Å². The number of carbonyl (C=O) groups excluding carboxylic acids is 3. The van der Waals surface area contributed by atoms with E-state index in [1.54, 1.807) is 41.5 Å². The fourth-order valence-electron chi connectivity index (χ4n) is 1.96. The van der Waals surface area contributed by atoms with Crippen molar-refractivity contribution in [3.8, 4) is 0 Å². The lowest BCUT2D eigenvalue weighted by atomic mass is 10.0. The fraction of sp³-hybridized carbons (Fsp3) is 0.800. The number of rotatable bonds is 1. The summed E-state index contributed by atoms with van der Waals surface area (Å²) in [5.41, 5.74) is -1.33. The van der Waals surface area contributed by atoms with Crippen molar-refractivity contribution in [2.75, 3.05) is 6.54 Å². The lowest BCUT2D eigenvalue weighted by Crippen LogP contribution is -2.53. The van der Waals surface area contributed by atoms with Crippen molar-refractivity contribution >= 4 is 17.8 Å². The Morgan fingerprint density at radius 1 is 1.05 bits per heavy atom. The van der Waals surface area contributed by atoms with Crippen molar-refractivity contribution in [3.05, 3.63) is 0 Å². The summed E-state index contributed by atoms with van der Waals surface area (Å²) in [4.78, 5) is 37.2. The van der Waals surface area contributed by atoms with Crippen molar-refractivity contribution < 1.29 is 23.9 Å². The van der Waals surface area contributed by atoms with E-state index in [0.29, 0.717) is 0 Å². The van der Waals surface area contributed by atoms with Crippen LogP contribution in [0.3, 0.4) is 0 Å². The molecule has 1 amide bonds. The second kappa shape index (κ2) is 6.03. The van der Waals surface area contributed by atoms with Gasteiger partial charge in [-0.2, -0.15) is 0 Å². The van der Waals surface area contributed by atoms with Gasteiger partial charge in [-0.25, -0.2) is 9.59 Å². The Balaban J connectivity index is 2.86. The molecule has 6 nitrogen and oxygen atoms in total. The monoisotopic (exact) mass is 299 g/mol. The number of likely N-dealkylation sites (tertiary alicyclic amines) is 1. The molecule has 0 aliphatic carbocycles. The Morgan fingerprint density at radius 3 is 2.05 bits per heavy atom. The summed E-state index contributed by atoms with van der Waals surface area (Å²) in [6.07, 6.45) is -0.123. The predicted molar refractivity (Wildman–Crippen MR) is 76.8 cm³/mol. The number of nitrogens with zero attached hydrogens (tertiary/aromatic N) is 1. The van der Waals surface area contributed by atoms with E-state index in [9.17, 15) is 14.4 Å². The molecule has 1 heterocycles. The Bertz CT molecular complexity index is 430. The molecule has 6 heteroatoms. The molecule has 0 bridgehead atoms. The molecule has 1 rings (SSSR count). The summed E-state index contributed by atoms with van der Waals surface area (Å²) in [5.74, 6) is -0.582. The maximum atomic E-state index is 12.2. The van der Waals surface area contributed by atoms with Gasteiger partial charge < -0.3 is 9.47 Å². The number of ketones is 1. The summed E-state index contributed by atoms with van der Waals surface area (Å²) in [7, 11) is 0. The molecular weight excluding hydrogens is 274 g/mol. The van der Waals surface area contributed by atoms with Crippen molar-refractivity contribution in [2.45, 2.75) is 71.6 Å². The molecule has 120 valence electrons. The highest BCUT2D eigenvalue weighted by molar-refractivity contribution is 5.90. The first-order chi connectivity index (χ1) is 9.39. The van der Waals surface area contributed by atoms with Crippen molar-refractivity contribution in [3.63, 3.8) is 0 Å². The number of piperidine rings is 1. The minimum atomic E-state index is -0.767. The first-order valence-electron chi connectivity index (χ1n) is 7.13. The van der Waals surface area contributed by atoms with Crippen LogP contribution in [0.2, 0.25) is 0 Å². The first-order valence-corrected chi connectivity index (χ1v) is 7.13. The standard InChI is InChI=1S/C15H25NO5/c1-14(2,3)20-12(18)11-8-7-10(17)9-16(11)13(19)21-15(4,5)6/h11H,7-9H2,1-6H3. The quantitative estimate of drug-likeness (QED) is 0.695. The molecule has 1 saturated heterocycles. The van der Waals surface area contributed by atoms with Gasteiger partial charge in [-0.05, 0) is 48.0 Å². The minimum absolute atomic E-state index is 0.0827. The van der Waals surface area contributed by atoms with Crippen LogP contribution in [-0.2, 0) is 19.1 Å². The zero-order valence-electron chi connectivity index (χ0n) is 13.7. The summed E-state index contributed by atoms with van der Waals surface area (Å²) >= 11 is 0. The largest absolute Gasteiger partial charge is 0.458 e. The highest BCUT2D eigenvalue weighted by atomic mass is 16.6. The molecule has 0 spiro atoms. The van der Waals surface area contributed by atoms with Crippen molar-refractivity contribution in [2.24, 2.45) is 0 Å². The number of amides is 1. The average molecular weight is 299 g/mol. The van der Waals surface area contributed by atoms with Crippen LogP contribution >= 0.6 is 0 Å². The molecule has 0 N–H and O–H groups in total. The molecule has 0 saturated carbocycles. The summed E-state index contributed by atoms with van der Waals surface area (Å²) in [5, 5.41) is 0. The number of carbonyl (C=O) groups is 3. The third-order valence-corrected chi connectivity index (χ3v) is 2.73. The van der Waals surface area contributed by atoms with E-state index in [-0.39, 0.29) is 25.2 Å². The van der Waals surface area contributed by atoms with Crippen molar-refractivity contribution in [1.29, 1.82) is 0 Å². The molecular formula is C15H25NO5. The van der Waals surface area contributed by atoms with E-state index in [0.717, 1.165) is 0 Å². The zero-order valence-corrected chi connectivity index (χ0v) is 13.7. The van der Waals surface area contributed by atoms with Crippen molar-refractivity contribution in [1.82, 2.24) is 4.90 Å². The number of ether oxygens (including phenoxy) is 2. The van der Waals surface area contributed by atoms with E-state index in [1.807, 2.05) is 0 Å². The Morgan fingerprint density at radius 2 is 1.57 bits per heavy atom. The topological polar surface area (TPSA) is 72.9 Å². The fourth-order valence-corrected chi connectivity index (χ4v) is 1.96. The Labute approximate surface area is 125 Å². The zero-order chi connectivity index (χ0) is 16.4. The van der Waals surface area contributed by atoms with E-state index in [1.165, 1.54) is 4.90 Å². The van der Waals surface area contributed by atoms with Gasteiger partial charge in [-0.1, -0.05) is 0 Å². The second-order valence-electron chi connectivity index (χ2n) is 7.23. The molecule has 1 aliphatic heterocycles. The normalized spacial score (nSPS) is 20.2. The molecule has 21 heavy (non-hydrogen) atoms. The highest BCUT2D eigenvalue weighted by Crippen LogP contribution is 2.21. The van der Waals surface area contributed by atoms with E-state index < -0.39 is 29.3 Å². The van der Waals surface area contributed by atoms with Crippen LogP contribution in [0.25, 0.3) is 0 Å². The van der Waals surface area contributed by atoms with Gasteiger partial charge >= 0.3 is 12.1 Å². The minimum Gasteiger partial charge on any atom is -0.458 e. The van der Waals surface area contributed by atoms with Crippen LogP contribution in [0.1, 0.15) is 54.4 Å². The van der Waals surface area contributed by atoms with Crippen LogP contribution in [0.15, 0.2) is 0 Å². The van der Waals surface area contributed by atoms with Crippen LogP contribution in [0, 0.1) is 0 Å². The average Bonchev–Trinajstić information content (AvgIpc) is 2.23. The number of hydrogen-bond acceptors (Lipinski definition) is 5. The van der Waals surface area contributed by atoms with Gasteiger partial charge in [0.05, 0.1) is 6.54 Å². The van der Waals surface area contributed by atoms with Gasteiger partial charge in [-0.15, -0.1) is 0 Å². The van der Waals surface area contributed by atoms with Crippen LogP contribution in [0.4, 0.5) is 4.79 Å². The number of Topliss-reactive ketones (excluding diaryl/α,β-unsaturated/α-hetero) is 1. The highest BCUT2D eigenvalue weighted by Gasteiger charge is 2.39. The Hall–Kier alpha value is -1.59. The summed E-state index contributed by atoms with van der Waals surface area (Å²) < 4.78 is 10.6. The molecule has 0 radical (unpaired) electrons. The van der Waals surface area contributed by atoms with E-state index in [2.05, 4.69) is 0 Å². The first kappa shape index (κ1) is 17.5. The molecule has 0 aromatic heterocycles. The second-order valence-corrected chi connectivity index (χ2v) is 7.23. The van der Waals surface area contributed by atoms with Gasteiger partial charge in [0, 0.05) is 6.42 Å². The molecule has 1 atom stereocenters. The SMILES string of the molecule is CC(C)(C)OC(=O)C1CCC(=O)CN1C(=O)OC(C)(C)C. The third kappa shape index (κ3) is 5.73. The van der Waals surface area contributed by atoms with Gasteiger partial charge in [0.1, 0.15) is 17.2 Å². The maximum absolute atomic E-state index is 12.2. The van der Waals surface area contributed by atoms with E-state index in [4.69, 9.17) is 9.47 Å². The third-order valence-electron chi connectivity index (χ3n) is 2.73. The summed E-state index contributed by atoms with van der Waals surface area (Å²) in [6, 6.07) is -0.767. The smallest absolute Gasteiger partial charge is 0.411 e. The number of esters is 1. The molecule has 0 aromatic carbocycles. The molecule has 1 aliphatic rings. The van der Waals surface area contributed by atoms with Gasteiger partial charge in [0.15, 0.2) is 5.78 Å².